The minimum Gasteiger partial charge on any atom is -0.445 e. The van der Waals surface area contributed by atoms with Crippen molar-refractivity contribution in [1.82, 2.24) is 24.7 Å². The highest BCUT2D eigenvalue weighted by molar-refractivity contribution is 7.77. The third-order valence-corrected chi connectivity index (χ3v) is 8.30. The van der Waals surface area contributed by atoms with E-state index in [2.05, 4.69) is 4.98 Å². The van der Waals surface area contributed by atoms with Gasteiger partial charge in [-0.15, -0.1) is 0 Å². The Bertz CT molecular complexity index is 1330. The number of H-pyrrole nitrogens is 1. The molecule has 3 aromatic rings. The van der Waals surface area contributed by atoms with Gasteiger partial charge in [-0.25, -0.2) is 18.9 Å². The van der Waals surface area contributed by atoms with Gasteiger partial charge in [0, 0.05) is 49.8 Å². The summed E-state index contributed by atoms with van der Waals surface area (Å²) < 4.78 is 39.3. The van der Waals surface area contributed by atoms with Crippen molar-refractivity contribution in [2.75, 3.05) is 32.7 Å². The summed E-state index contributed by atoms with van der Waals surface area (Å²) in [5.74, 6) is -0.907. The van der Waals surface area contributed by atoms with Gasteiger partial charge in [0.1, 0.15) is 18.5 Å². The Hall–Kier alpha value is -3.36. The first-order chi connectivity index (χ1) is 18.9. The zero-order chi connectivity index (χ0) is 27.4. The lowest BCUT2D eigenvalue weighted by Gasteiger charge is -2.39. The lowest BCUT2D eigenvalue weighted by molar-refractivity contribution is -0.135. The molecule has 0 aliphatic carbocycles. The fourth-order valence-electron chi connectivity index (χ4n) is 5.04. The molecule has 2 saturated heterocycles. The van der Waals surface area contributed by atoms with E-state index in [0.717, 1.165) is 22.0 Å². The molecule has 1 aromatic heterocycles. The number of carbonyl (C=O) groups is 2. The molecule has 11 nitrogen and oxygen atoms in total. The quantitative estimate of drug-likeness (QED) is 0.300. The van der Waals surface area contributed by atoms with Crippen LogP contribution in [0, 0.1) is 5.82 Å². The van der Waals surface area contributed by atoms with Gasteiger partial charge in [0.2, 0.25) is 0 Å². The summed E-state index contributed by atoms with van der Waals surface area (Å²) >= 11 is -2.04. The Balaban J connectivity index is 1.15. The van der Waals surface area contributed by atoms with E-state index in [1.54, 1.807) is 16.6 Å². The molecule has 2 fully saturated rings. The maximum absolute atomic E-state index is 13.8. The van der Waals surface area contributed by atoms with Crippen LogP contribution in [0.1, 0.15) is 29.9 Å². The normalized spacial score (nSPS) is 20.2. The number of rotatable bonds is 7. The summed E-state index contributed by atoms with van der Waals surface area (Å²) in [5.41, 5.74) is 4.33. The monoisotopic (exact) mass is 559 g/mol. The number of piperidine rings is 1. The molecule has 39 heavy (non-hydrogen) atoms. The van der Waals surface area contributed by atoms with Crippen LogP contribution in [0.3, 0.4) is 0 Å². The van der Waals surface area contributed by atoms with Crippen molar-refractivity contribution >= 4 is 34.2 Å². The van der Waals surface area contributed by atoms with Gasteiger partial charge in [-0.2, -0.15) is 13.7 Å². The first kappa shape index (κ1) is 27.2. The van der Waals surface area contributed by atoms with E-state index in [-0.39, 0.29) is 38.0 Å². The minimum atomic E-state index is -2.04. The van der Waals surface area contributed by atoms with Crippen LogP contribution in [-0.4, -0.2) is 79.4 Å². The van der Waals surface area contributed by atoms with Crippen LogP contribution in [0.4, 0.5) is 9.18 Å². The maximum Gasteiger partial charge on any atom is 0.410 e. The smallest absolute Gasteiger partial charge is 0.410 e. The molecule has 2 aromatic carbocycles. The number of halogens is 1. The van der Waals surface area contributed by atoms with Gasteiger partial charge < -0.3 is 14.6 Å². The number of hydroxylamine groups is 3. The summed E-state index contributed by atoms with van der Waals surface area (Å²) in [6.07, 6.45) is 2.72. The molecule has 0 spiro atoms. The number of fused-ring (bicyclic) bond motifs is 1. The first-order valence-corrected chi connectivity index (χ1v) is 13.7. The van der Waals surface area contributed by atoms with Gasteiger partial charge in [0.05, 0.1) is 0 Å². The number of benzene rings is 2. The summed E-state index contributed by atoms with van der Waals surface area (Å²) in [6.45, 7) is 1.16. The van der Waals surface area contributed by atoms with Gasteiger partial charge in [-0.05, 0) is 48.1 Å². The minimum absolute atomic E-state index is 0.0719. The van der Waals surface area contributed by atoms with Crippen LogP contribution >= 0.6 is 0 Å². The van der Waals surface area contributed by atoms with Crippen LogP contribution in [0.2, 0.25) is 0 Å². The van der Waals surface area contributed by atoms with E-state index in [1.807, 2.05) is 36.5 Å². The second-order valence-corrected chi connectivity index (χ2v) is 10.6. The molecule has 2 aliphatic heterocycles. The fourth-order valence-corrected chi connectivity index (χ4v) is 6.05. The lowest BCUT2D eigenvalue weighted by Crippen LogP contribution is -2.60. The third kappa shape index (κ3) is 6.28. The highest BCUT2D eigenvalue weighted by Crippen LogP contribution is 2.34. The third-order valence-electron chi connectivity index (χ3n) is 7.14. The molecule has 0 bridgehead atoms. The topological polar surface area (TPSA) is 127 Å². The van der Waals surface area contributed by atoms with Crippen LogP contribution in [0.25, 0.3) is 10.9 Å². The van der Waals surface area contributed by atoms with Crippen LogP contribution in [-0.2, 0) is 31.7 Å². The number of amides is 2. The number of hydrogen-bond acceptors (Lipinski definition) is 7. The Morgan fingerprint density at radius 3 is 2.62 bits per heavy atom. The number of carbonyl (C=O) groups excluding carboxylic acids is 2. The van der Waals surface area contributed by atoms with Crippen LogP contribution in [0.15, 0.2) is 54.7 Å². The average Bonchev–Trinajstić information content (AvgIpc) is 3.39. The molecule has 13 heteroatoms. The van der Waals surface area contributed by atoms with Crippen molar-refractivity contribution in [3.63, 3.8) is 0 Å². The molecule has 2 amide bonds. The average molecular weight is 560 g/mol. The van der Waals surface area contributed by atoms with E-state index in [1.165, 1.54) is 21.3 Å². The molecule has 5 rings (SSSR count). The number of nitrogens with zero attached hydrogens (tertiary/aromatic N) is 3. The molecular weight excluding hydrogens is 529 g/mol. The molecule has 0 saturated carbocycles. The van der Waals surface area contributed by atoms with Crippen molar-refractivity contribution in [2.45, 2.75) is 31.4 Å². The maximum atomic E-state index is 13.8. The molecule has 0 radical (unpaired) electrons. The molecule has 2 aliphatic rings. The SMILES string of the molecule is O=C(NO)C1CN(C(=O)OCc2ccccc2)CCN1S(=O)ON1CCC(c2c[nH]c3ccc(F)cc23)CC1. The number of ether oxygens (including phenoxy) is 1. The number of aromatic nitrogens is 1. The predicted octanol–water partition coefficient (Wildman–Crippen LogP) is 2.83. The summed E-state index contributed by atoms with van der Waals surface area (Å²) in [6, 6.07) is 12.8. The highest BCUT2D eigenvalue weighted by atomic mass is 32.2. The lowest BCUT2D eigenvalue weighted by atomic mass is 9.90. The van der Waals surface area contributed by atoms with Gasteiger partial charge in [0.25, 0.3) is 17.2 Å². The molecule has 3 heterocycles. The summed E-state index contributed by atoms with van der Waals surface area (Å²) in [4.78, 5) is 29.5. The van der Waals surface area contributed by atoms with E-state index in [0.29, 0.717) is 25.9 Å². The van der Waals surface area contributed by atoms with Crippen molar-refractivity contribution in [3.8, 4) is 0 Å². The second kappa shape index (κ2) is 12.2. The first-order valence-electron chi connectivity index (χ1n) is 12.7. The van der Waals surface area contributed by atoms with E-state index < -0.39 is 29.3 Å². The summed E-state index contributed by atoms with van der Waals surface area (Å²) in [7, 11) is 0. The fraction of sp³-hybridized carbons (Fsp3) is 0.385. The number of hydrogen-bond donors (Lipinski definition) is 3. The van der Waals surface area contributed by atoms with Crippen LogP contribution < -0.4 is 5.48 Å². The number of piperazine rings is 1. The van der Waals surface area contributed by atoms with Crippen molar-refractivity contribution in [2.24, 2.45) is 0 Å². The molecular formula is C26H30FN5O6S. The zero-order valence-corrected chi connectivity index (χ0v) is 21.9. The molecule has 3 N–H and O–H groups in total. The Kier molecular flexibility index (Phi) is 8.53. The van der Waals surface area contributed by atoms with E-state index in [4.69, 9.17) is 9.02 Å². The van der Waals surface area contributed by atoms with Gasteiger partial charge in [-0.3, -0.25) is 10.0 Å². The van der Waals surface area contributed by atoms with Crippen molar-refractivity contribution in [3.05, 3.63) is 71.7 Å². The Labute approximate surface area is 227 Å². The van der Waals surface area contributed by atoms with Crippen LogP contribution in [0.5, 0.6) is 0 Å². The predicted molar refractivity (Wildman–Crippen MR) is 140 cm³/mol. The van der Waals surface area contributed by atoms with Gasteiger partial charge >= 0.3 is 6.09 Å². The van der Waals surface area contributed by atoms with Gasteiger partial charge in [0.15, 0.2) is 0 Å². The molecule has 2 atom stereocenters. The van der Waals surface area contributed by atoms with Crippen molar-refractivity contribution in [1.29, 1.82) is 0 Å². The summed E-state index contributed by atoms with van der Waals surface area (Å²) in [5, 5.41) is 11.7. The van der Waals surface area contributed by atoms with Gasteiger partial charge in [-0.1, -0.05) is 30.3 Å². The molecule has 208 valence electrons. The number of nitrogens with one attached hydrogen (secondary N) is 2. The Morgan fingerprint density at radius 1 is 1.10 bits per heavy atom. The largest absolute Gasteiger partial charge is 0.445 e. The van der Waals surface area contributed by atoms with E-state index in [9.17, 15) is 23.4 Å². The second-order valence-electron chi connectivity index (χ2n) is 9.55. The van der Waals surface area contributed by atoms with Crippen molar-refractivity contribution < 1.29 is 32.4 Å². The van der Waals surface area contributed by atoms with E-state index >= 15 is 0 Å². The zero-order valence-electron chi connectivity index (χ0n) is 21.1. The number of aromatic amines is 1. The standard InChI is InChI=1S/C26H30FN5O6S/c27-20-6-7-23-21(14-20)22(15-28-23)19-8-10-31(11-9-19)38-39(36)32-13-12-30(16-24(32)25(33)29-35)26(34)37-17-18-4-2-1-3-5-18/h1-7,14-15,19,24,28,35H,8-13,16-17H2,(H,29,33). The highest BCUT2D eigenvalue weighted by Gasteiger charge is 2.39. The molecule has 2 unspecified atom stereocenters. The Morgan fingerprint density at radius 2 is 1.87 bits per heavy atom.